The summed E-state index contributed by atoms with van der Waals surface area (Å²) in [6.45, 7) is 1.60. The normalized spacial score (nSPS) is 19.3. The number of hydrogen-bond donors (Lipinski definition) is 0. The molecule has 0 bridgehead atoms. The monoisotopic (exact) mass is 524 g/mol. The lowest BCUT2D eigenvalue weighted by molar-refractivity contribution is -0.154. The van der Waals surface area contributed by atoms with Gasteiger partial charge in [0.2, 0.25) is 0 Å². The third-order valence-electron chi connectivity index (χ3n) is 6.89. The highest BCUT2D eigenvalue weighted by Gasteiger charge is 2.43. The average Bonchev–Trinajstić information content (AvgIpc) is 3.37. The van der Waals surface area contributed by atoms with Gasteiger partial charge in [0.15, 0.2) is 24.7 Å². The number of hydrazone groups is 1. The van der Waals surface area contributed by atoms with E-state index >= 15 is 0 Å². The highest BCUT2D eigenvalue weighted by Crippen LogP contribution is 2.44. The molecule has 1 amide bonds. The first-order chi connectivity index (χ1) is 19.1. The van der Waals surface area contributed by atoms with Crippen molar-refractivity contribution in [2.24, 2.45) is 11.0 Å². The fourth-order valence-corrected chi connectivity index (χ4v) is 5.17. The number of benzene rings is 3. The molecule has 1 fully saturated rings. The van der Waals surface area contributed by atoms with Gasteiger partial charge in [0.1, 0.15) is 0 Å². The Morgan fingerprint density at radius 1 is 0.897 bits per heavy atom. The molecule has 0 radical (unpaired) electrons. The van der Waals surface area contributed by atoms with E-state index in [-0.39, 0.29) is 24.5 Å². The Bertz CT molecular complexity index is 1350. The molecule has 0 N–H and O–H groups in total. The lowest BCUT2D eigenvalue weighted by Gasteiger charge is -2.29. The SMILES string of the molecule is CCOc1ccccc1OCC(=O)OCC(=O)N1N=C2C(=Cc3ccccc3)CCCC2C1c1ccccc1. The Hall–Kier alpha value is -4.39. The minimum atomic E-state index is -0.639. The van der Waals surface area contributed by atoms with Gasteiger partial charge >= 0.3 is 5.97 Å². The summed E-state index contributed by atoms with van der Waals surface area (Å²) in [5, 5.41) is 6.35. The van der Waals surface area contributed by atoms with Gasteiger partial charge in [0, 0.05) is 5.92 Å². The maximum atomic E-state index is 13.4. The number of carbonyl (C=O) groups excluding carboxylic acids is 2. The molecule has 5 rings (SSSR count). The van der Waals surface area contributed by atoms with Crippen molar-refractivity contribution in [1.82, 2.24) is 5.01 Å². The van der Waals surface area contributed by atoms with Gasteiger partial charge in [-0.15, -0.1) is 0 Å². The second-order valence-electron chi connectivity index (χ2n) is 9.49. The number of rotatable bonds is 9. The molecular formula is C32H32N2O5. The van der Waals surface area contributed by atoms with Crippen LogP contribution in [0.4, 0.5) is 0 Å². The first-order valence-electron chi connectivity index (χ1n) is 13.4. The Kier molecular flexibility index (Phi) is 8.36. The number of allylic oxidation sites excluding steroid dienone is 1. The Balaban J connectivity index is 1.30. The van der Waals surface area contributed by atoms with Crippen LogP contribution < -0.4 is 9.47 Å². The zero-order chi connectivity index (χ0) is 27.0. The summed E-state index contributed by atoms with van der Waals surface area (Å²) in [6.07, 6.45) is 5.02. The van der Waals surface area contributed by atoms with Crippen LogP contribution in [0.3, 0.4) is 0 Å². The lowest BCUT2D eigenvalue weighted by Crippen LogP contribution is -2.35. The first kappa shape index (κ1) is 26.2. The van der Waals surface area contributed by atoms with Gasteiger partial charge in [-0.3, -0.25) is 4.79 Å². The Labute approximate surface area is 228 Å². The van der Waals surface area contributed by atoms with Crippen LogP contribution in [0, 0.1) is 5.92 Å². The van der Waals surface area contributed by atoms with E-state index in [9.17, 15) is 9.59 Å². The standard InChI is InChI=1S/C32H32N2O5/c1-2-37-27-18-9-10-19-28(27)38-22-30(36)39-21-29(35)34-32(24-14-7-4-8-15-24)26-17-11-16-25(31(26)33-34)20-23-12-5-3-6-13-23/h3-10,12-15,18-20,26,32H,2,11,16-17,21-22H2,1H3. The van der Waals surface area contributed by atoms with Gasteiger partial charge in [-0.05, 0) is 61.1 Å². The van der Waals surface area contributed by atoms with Crippen molar-refractivity contribution in [1.29, 1.82) is 0 Å². The number of fused-ring (bicyclic) bond motifs is 1. The van der Waals surface area contributed by atoms with Gasteiger partial charge in [-0.1, -0.05) is 72.8 Å². The number of esters is 1. The van der Waals surface area contributed by atoms with E-state index in [1.807, 2.05) is 61.5 Å². The number of nitrogens with zero attached hydrogens (tertiary/aromatic N) is 2. The minimum absolute atomic E-state index is 0.0779. The first-order valence-corrected chi connectivity index (χ1v) is 13.4. The van der Waals surface area contributed by atoms with Crippen LogP contribution in [-0.2, 0) is 14.3 Å². The van der Waals surface area contributed by atoms with E-state index in [2.05, 4.69) is 18.2 Å². The largest absolute Gasteiger partial charge is 0.490 e. The van der Waals surface area contributed by atoms with Crippen LogP contribution >= 0.6 is 0 Å². The Morgan fingerprint density at radius 3 is 2.28 bits per heavy atom. The molecule has 1 heterocycles. The summed E-state index contributed by atoms with van der Waals surface area (Å²) in [5.74, 6) is 0.0610. The van der Waals surface area contributed by atoms with Crippen molar-refractivity contribution in [3.63, 3.8) is 0 Å². The molecule has 2 unspecified atom stereocenters. The molecule has 39 heavy (non-hydrogen) atoms. The number of ether oxygens (including phenoxy) is 3. The second kappa shape index (κ2) is 12.4. The third kappa shape index (κ3) is 6.20. The Morgan fingerprint density at radius 2 is 1.56 bits per heavy atom. The quantitative estimate of drug-likeness (QED) is 0.329. The number of amides is 1. The summed E-state index contributed by atoms with van der Waals surface area (Å²) in [7, 11) is 0. The van der Waals surface area contributed by atoms with Crippen molar-refractivity contribution in [2.45, 2.75) is 32.2 Å². The molecule has 0 spiro atoms. The third-order valence-corrected chi connectivity index (χ3v) is 6.89. The van der Waals surface area contributed by atoms with Crippen molar-refractivity contribution < 1.29 is 23.8 Å². The maximum Gasteiger partial charge on any atom is 0.344 e. The molecule has 2 atom stereocenters. The van der Waals surface area contributed by atoms with Crippen molar-refractivity contribution in [3.05, 3.63) is 102 Å². The van der Waals surface area contributed by atoms with Gasteiger partial charge in [-0.25, -0.2) is 9.80 Å². The number of carbonyl (C=O) groups is 2. The van der Waals surface area contributed by atoms with E-state index in [1.165, 1.54) is 5.01 Å². The second-order valence-corrected chi connectivity index (χ2v) is 9.49. The molecule has 0 aromatic heterocycles. The van der Waals surface area contributed by atoms with E-state index in [0.717, 1.165) is 41.7 Å². The summed E-state index contributed by atoms with van der Waals surface area (Å²) in [6, 6.07) is 27.0. The molecule has 0 saturated heterocycles. The van der Waals surface area contributed by atoms with Crippen LogP contribution in [-0.4, -0.2) is 42.4 Å². The molecule has 1 aliphatic heterocycles. The van der Waals surface area contributed by atoms with Crippen LogP contribution in [0.2, 0.25) is 0 Å². The molecule has 3 aromatic carbocycles. The van der Waals surface area contributed by atoms with Gasteiger partial charge in [0.25, 0.3) is 5.91 Å². The summed E-state index contributed by atoms with van der Waals surface area (Å²) >= 11 is 0. The van der Waals surface area contributed by atoms with E-state index in [1.54, 1.807) is 18.2 Å². The predicted molar refractivity (Wildman–Crippen MR) is 149 cm³/mol. The van der Waals surface area contributed by atoms with Crippen molar-refractivity contribution in [2.75, 3.05) is 19.8 Å². The van der Waals surface area contributed by atoms with Crippen molar-refractivity contribution in [3.8, 4) is 11.5 Å². The number of hydrogen-bond acceptors (Lipinski definition) is 6. The molecule has 1 aliphatic carbocycles. The number of para-hydroxylation sites is 2. The van der Waals surface area contributed by atoms with E-state index in [0.29, 0.717) is 18.1 Å². The van der Waals surface area contributed by atoms with Crippen LogP contribution in [0.1, 0.15) is 43.4 Å². The van der Waals surface area contributed by atoms with Gasteiger partial charge in [-0.2, -0.15) is 5.10 Å². The summed E-state index contributed by atoms with van der Waals surface area (Å²) in [5.41, 5.74) is 4.20. The molecular weight excluding hydrogens is 492 g/mol. The lowest BCUT2D eigenvalue weighted by atomic mass is 9.77. The van der Waals surface area contributed by atoms with Crippen LogP contribution in [0.5, 0.6) is 11.5 Å². The highest BCUT2D eigenvalue weighted by atomic mass is 16.6. The molecule has 7 heteroatoms. The summed E-state index contributed by atoms with van der Waals surface area (Å²) in [4.78, 5) is 25.9. The van der Waals surface area contributed by atoms with Crippen LogP contribution in [0.15, 0.2) is 95.6 Å². The smallest absolute Gasteiger partial charge is 0.344 e. The molecule has 7 nitrogen and oxygen atoms in total. The fraction of sp³-hybridized carbons (Fsp3) is 0.281. The summed E-state index contributed by atoms with van der Waals surface area (Å²) < 4.78 is 16.4. The predicted octanol–water partition coefficient (Wildman–Crippen LogP) is 5.83. The topological polar surface area (TPSA) is 77.4 Å². The zero-order valence-corrected chi connectivity index (χ0v) is 22.0. The van der Waals surface area contributed by atoms with Gasteiger partial charge in [0.05, 0.1) is 18.4 Å². The van der Waals surface area contributed by atoms with Crippen LogP contribution in [0.25, 0.3) is 6.08 Å². The fourth-order valence-electron chi connectivity index (χ4n) is 5.17. The molecule has 2 aliphatic rings. The highest BCUT2D eigenvalue weighted by molar-refractivity contribution is 6.08. The minimum Gasteiger partial charge on any atom is -0.490 e. The zero-order valence-electron chi connectivity index (χ0n) is 22.0. The van der Waals surface area contributed by atoms with Gasteiger partial charge < -0.3 is 14.2 Å². The maximum absolute atomic E-state index is 13.4. The average molecular weight is 525 g/mol. The van der Waals surface area contributed by atoms with E-state index in [4.69, 9.17) is 19.3 Å². The molecule has 1 saturated carbocycles. The molecule has 200 valence electrons. The van der Waals surface area contributed by atoms with E-state index < -0.39 is 12.6 Å². The molecule has 3 aromatic rings. The van der Waals surface area contributed by atoms with Crippen molar-refractivity contribution >= 4 is 23.7 Å².